The number of carbonyl (C=O) groups excluding carboxylic acids is 2. The predicted molar refractivity (Wildman–Crippen MR) is 84.3 cm³/mol. The van der Waals surface area contributed by atoms with Crippen LogP contribution in [0.4, 0.5) is 0 Å². The molecule has 1 N–H and O–H groups in total. The third kappa shape index (κ3) is 3.90. The van der Waals surface area contributed by atoms with E-state index in [4.69, 9.17) is 4.42 Å². The molecule has 22 heavy (non-hydrogen) atoms. The second kappa shape index (κ2) is 6.99. The Morgan fingerprint density at radius 1 is 1.27 bits per heavy atom. The van der Waals surface area contributed by atoms with Crippen LogP contribution < -0.4 is 5.32 Å². The van der Waals surface area contributed by atoms with Crippen LogP contribution in [-0.4, -0.2) is 35.8 Å². The lowest BCUT2D eigenvalue weighted by Gasteiger charge is -2.37. The van der Waals surface area contributed by atoms with E-state index in [-0.39, 0.29) is 23.5 Å². The van der Waals surface area contributed by atoms with Crippen molar-refractivity contribution in [3.05, 3.63) is 24.2 Å². The number of rotatable bonds is 4. The number of nitrogens with zero attached hydrogens (tertiary/aromatic N) is 1. The SMILES string of the molecule is CC1CC(C)CN(C(=O)C(NC(=O)c2ccco2)C(C)C)C1. The summed E-state index contributed by atoms with van der Waals surface area (Å²) in [6, 6.07) is 2.74. The fourth-order valence-corrected chi connectivity index (χ4v) is 3.17. The van der Waals surface area contributed by atoms with Crippen molar-refractivity contribution in [1.29, 1.82) is 0 Å². The number of amides is 2. The van der Waals surface area contributed by atoms with E-state index in [1.54, 1.807) is 12.1 Å². The highest BCUT2D eigenvalue weighted by atomic mass is 16.3. The van der Waals surface area contributed by atoms with Crippen LogP contribution in [0.5, 0.6) is 0 Å². The fraction of sp³-hybridized carbons (Fsp3) is 0.647. The van der Waals surface area contributed by atoms with E-state index in [0.717, 1.165) is 19.5 Å². The maximum Gasteiger partial charge on any atom is 0.287 e. The number of hydrogen-bond donors (Lipinski definition) is 1. The lowest BCUT2D eigenvalue weighted by molar-refractivity contribution is -0.137. The van der Waals surface area contributed by atoms with Gasteiger partial charge in [0, 0.05) is 13.1 Å². The minimum absolute atomic E-state index is 0.00769. The molecular weight excluding hydrogens is 280 g/mol. The summed E-state index contributed by atoms with van der Waals surface area (Å²) in [4.78, 5) is 26.9. The number of carbonyl (C=O) groups is 2. The summed E-state index contributed by atoms with van der Waals surface area (Å²) in [7, 11) is 0. The molecule has 0 aromatic carbocycles. The minimum atomic E-state index is -0.518. The molecule has 0 bridgehead atoms. The highest BCUT2D eigenvalue weighted by Crippen LogP contribution is 2.22. The van der Waals surface area contributed by atoms with Gasteiger partial charge in [0.1, 0.15) is 6.04 Å². The molecule has 0 radical (unpaired) electrons. The van der Waals surface area contributed by atoms with Gasteiger partial charge in [-0.3, -0.25) is 9.59 Å². The molecule has 0 spiro atoms. The van der Waals surface area contributed by atoms with E-state index < -0.39 is 6.04 Å². The van der Waals surface area contributed by atoms with Crippen LogP contribution in [0.3, 0.4) is 0 Å². The van der Waals surface area contributed by atoms with Gasteiger partial charge in [-0.2, -0.15) is 0 Å². The van der Waals surface area contributed by atoms with Crippen molar-refractivity contribution in [3.63, 3.8) is 0 Å². The van der Waals surface area contributed by atoms with Crippen LogP contribution in [0, 0.1) is 17.8 Å². The molecule has 122 valence electrons. The summed E-state index contributed by atoms with van der Waals surface area (Å²) >= 11 is 0. The zero-order valence-corrected chi connectivity index (χ0v) is 13.8. The molecule has 3 unspecified atom stereocenters. The van der Waals surface area contributed by atoms with E-state index in [2.05, 4.69) is 19.2 Å². The number of nitrogens with one attached hydrogen (secondary N) is 1. The Hall–Kier alpha value is -1.78. The molecule has 3 atom stereocenters. The van der Waals surface area contributed by atoms with Crippen molar-refractivity contribution in [3.8, 4) is 0 Å². The largest absolute Gasteiger partial charge is 0.459 e. The van der Waals surface area contributed by atoms with E-state index >= 15 is 0 Å². The van der Waals surface area contributed by atoms with Crippen molar-refractivity contribution in [2.24, 2.45) is 17.8 Å². The second-order valence-electron chi connectivity index (χ2n) is 6.86. The first kappa shape index (κ1) is 16.6. The fourth-order valence-electron chi connectivity index (χ4n) is 3.17. The molecule has 5 nitrogen and oxygen atoms in total. The molecule has 1 aliphatic rings. The van der Waals surface area contributed by atoms with Gasteiger partial charge < -0.3 is 14.6 Å². The standard InChI is InChI=1S/C17H26N2O3/c1-11(2)15(18-16(20)14-6-5-7-22-14)17(21)19-9-12(3)8-13(4)10-19/h5-7,11-13,15H,8-10H2,1-4H3,(H,18,20). The lowest BCUT2D eigenvalue weighted by atomic mass is 9.90. The number of furan rings is 1. The number of hydrogen-bond acceptors (Lipinski definition) is 3. The molecule has 2 rings (SSSR count). The van der Waals surface area contributed by atoms with Gasteiger partial charge in [-0.25, -0.2) is 0 Å². The molecular formula is C17H26N2O3. The van der Waals surface area contributed by atoms with Gasteiger partial charge in [-0.15, -0.1) is 0 Å². The zero-order valence-electron chi connectivity index (χ0n) is 13.8. The van der Waals surface area contributed by atoms with Gasteiger partial charge in [0.05, 0.1) is 6.26 Å². The Kier molecular flexibility index (Phi) is 5.27. The number of likely N-dealkylation sites (tertiary alicyclic amines) is 1. The Balaban J connectivity index is 2.07. The Bertz CT molecular complexity index is 500. The van der Waals surface area contributed by atoms with Crippen LogP contribution in [0.1, 0.15) is 44.7 Å². The monoisotopic (exact) mass is 306 g/mol. The molecule has 2 amide bonds. The molecule has 5 heteroatoms. The smallest absolute Gasteiger partial charge is 0.287 e. The van der Waals surface area contributed by atoms with Crippen molar-refractivity contribution in [2.75, 3.05) is 13.1 Å². The van der Waals surface area contributed by atoms with Crippen LogP contribution >= 0.6 is 0 Å². The first-order valence-electron chi connectivity index (χ1n) is 8.01. The highest BCUT2D eigenvalue weighted by Gasteiger charge is 2.33. The summed E-state index contributed by atoms with van der Waals surface area (Å²) in [6.45, 7) is 9.76. The van der Waals surface area contributed by atoms with Gasteiger partial charge in [0.25, 0.3) is 5.91 Å². The Labute approximate surface area is 132 Å². The van der Waals surface area contributed by atoms with Crippen LogP contribution in [0.15, 0.2) is 22.8 Å². The minimum Gasteiger partial charge on any atom is -0.459 e. The molecule has 1 aromatic heterocycles. The second-order valence-corrected chi connectivity index (χ2v) is 6.86. The molecule has 1 fully saturated rings. The van der Waals surface area contributed by atoms with Gasteiger partial charge in [0.15, 0.2) is 5.76 Å². The Morgan fingerprint density at radius 2 is 1.91 bits per heavy atom. The molecule has 0 aliphatic carbocycles. The van der Waals surface area contributed by atoms with Crippen LogP contribution in [-0.2, 0) is 4.79 Å². The van der Waals surface area contributed by atoms with E-state index in [0.29, 0.717) is 11.8 Å². The molecule has 2 heterocycles. The summed E-state index contributed by atoms with van der Waals surface area (Å²) in [5.74, 6) is 0.934. The molecule has 1 aliphatic heterocycles. The topological polar surface area (TPSA) is 62.6 Å². The third-order valence-corrected chi connectivity index (χ3v) is 4.14. The van der Waals surface area contributed by atoms with Gasteiger partial charge in [-0.05, 0) is 36.3 Å². The van der Waals surface area contributed by atoms with E-state index in [1.807, 2.05) is 18.7 Å². The normalized spacial score (nSPS) is 23.4. The molecule has 0 saturated carbocycles. The Morgan fingerprint density at radius 3 is 2.41 bits per heavy atom. The van der Waals surface area contributed by atoms with Gasteiger partial charge >= 0.3 is 0 Å². The highest BCUT2D eigenvalue weighted by molar-refractivity contribution is 5.95. The van der Waals surface area contributed by atoms with Crippen molar-refractivity contribution in [1.82, 2.24) is 10.2 Å². The molecule has 1 aromatic rings. The van der Waals surface area contributed by atoms with Gasteiger partial charge in [0.2, 0.25) is 5.91 Å². The van der Waals surface area contributed by atoms with Crippen molar-refractivity contribution in [2.45, 2.75) is 40.2 Å². The maximum absolute atomic E-state index is 12.8. The number of piperidine rings is 1. The predicted octanol–water partition coefficient (Wildman–Crippen LogP) is 2.54. The first-order valence-corrected chi connectivity index (χ1v) is 8.01. The summed E-state index contributed by atoms with van der Waals surface area (Å²) in [5.41, 5.74) is 0. The summed E-state index contributed by atoms with van der Waals surface area (Å²) < 4.78 is 5.10. The lowest BCUT2D eigenvalue weighted by Crippen LogP contribution is -2.54. The van der Waals surface area contributed by atoms with Crippen molar-refractivity contribution < 1.29 is 14.0 Å². The van der Waals surface area contributed by atoms with E-state index in [9.17, 15) is 9.59 Å². The average Bonchev–Trinajstić information content (AvgIpc) is 2.96. The van der Waals surface area contributed by atoms with Crippen molar-refractivity contribution >= 4 is 11.8 Å². The summed E-state index contributed by atoms with van der Waals surface area (Å²) in [6.07, 6.45) is 2.60. The quantitative estimate of drug-likeness (QED) is 0.930. The van der Waals surface area contributed by atoms with Crippen LogP contribution in [0.2, 0.25) is 0 Å². The average molecular weight is 306 g/mol. The van der Waals surface area contributed by atoms with Gasteiger partial charge in [-0.1, -0.05) is 27.7 Å². The third-order valence-electron chi connectivity index (χ3n) is 4.14. The zero-order chi connectivity index (χ0) is 16.3. The summed E-state index contributed by atoms with van der Waals surface area (Å²) in [5, 5.41) is 2.82. The maximum atomic E-state index is 12.8. The first-order chi connectivity index (χ1) is 10.4. The molecule has 1 saturated heterocycles. The van der Waals surface area contributed by atoms with Crippen LogP contribution in [0.25, 0.3) is 0 Å². The van der Waals surface area contributed by atoms with E-state index in [1.165, 1.54) is 6.26 Å².